The van der Waals surface area contributed by atoms with Gasteiger partial charge in [-0.15, -0.1) is 11.3 Å². The highest BCUT2D eigenvalue weighted by Crippen LogP contribution is 2.25. The molecule has 1 atom stereocenters. The molecule has 0 aliphatic rings. The number of hydrogen-bond donors (Lipinski definition) is 2. The Labute approximate surface area is 127 Å². The van der Waals surface area contributed by atoms with Crippen LogP contribution in [-0.4, -0.2) is 22.8 Å². The van der Waals surface area contributed by atoms with Crippen LogP contribution in [-0.2, 0) is 9.59 Å². The van der Waals surface area contributed by atoms with Gasteiger partial charge < -0.3 is 10.6 Å². The lowest BCUT2D eigenvalue weighted by Gasteiger charge is -2.20. The van der Waals surface area contributed by atoms with Gasteiger partial charge in [-0.3, -0.25) is 9.59 Å². The van der Waals surface area contributed by atoms with Crippen molar-refractivity contribution in [3.63, 3.8) is 0 Å². The molecule has 0 radical (unpaired) electrons. The molecular formula is C15H19N3O2S. The summed E-state index contributed by atoms with van der Waals surface area (Å²) in [6.07, 6.45) is 0. The maximum absolute atomic E-state index is 12.3. The number of carbonyl (C=O) groups excluding carboxylic acids is 2. The average Bonchev–Trinajstić information content (AvgIpc) is 2.74. The molecule has 1 aromatic heterocycles. The number of anilines is 1. The van der Waals surface area contributed by atoms with E-state index in [1.54, 1.807) is 11.3 Å². The third-order valence-corrected chi connectivity index (χ3v) is 4.00. The molecule has 2 N–H and O–H groups in total. The fourth-order valence-electron chi connectivity index (χ4n) is 2.09. The summed E-state index contributed by atoms with van der Waals surface area (Å²) in [5.74, 6) is -0.401. The molecule has 0 saturated heterocycles. The van der Waals surface area contributed by atoms with Crippen LogP contribution in [0.5, 0.6) is 0 Å². The van der Waals surface area contributed by atoms with Crippen molar-refractivity contribution in [2.75, 3.05) is 5.32 Å². The number of nitrogens with one attached hydrogen (secondary N) is 2. The lowest BCUT2D eigenvalue weighted by molar-refractivity contribution is -0.126. The summed E-state index contributed by atoms with van der Waals surface area (Å²) in [7, 11) is 0. The fourth-order valence-corrected chi connectivity index (χ4v) is 2.96. The van der Waals surface area contributed by atoms with Gasteiger partial charge in [-0.05, 0) is 31.0 Å². The molecule has 1 unspecified atom stereocenters. The highest BCUT2D eigenvalue weighted by molar-refractivity contribution is 7.18. The maximum Gasteiger partial charge on any atom is 0.247 e. The zero-order chi connectivity index (χ0) is 15.6. The second-order valence-corrected chi connectivity index (χ2v) is 6.56. The van der Waals surface area contributed by atoms with Gasteiger partial charge in [0.15, 0.2) is 0 Å². The molecule has 0 aliphatic heterocycles. The fraction of sp³-hybridized carbons (Fsp3) is 0.400. The van der Waals surface area contributed by atoms with Crippen LogP contribution in [0.2, 0.25) is 0 Å². The predicted molar refractivity (Wildman–Crippen MR) is 85.4 cm³/mol. The Bertz CT molecular complexity index is 679. The van der Waals surface area contributed by atoms with Crippen LogP contribution >= 0.6 is 11.3 Å². The van der Waals surface area contributed by atoms with E-state index in [4.69, 9.17) is 0 Å². The molecule has 2 rings (SSSR count). The molecule has 5 nitrogen and oxygen atoms in total. The highest BCUT2D eigenvalue weighted by atomic mass is 32.1. The summed E-state index contributed by atoms with van der Waals surface area (Å²) in [6.45, 7) is 7.16. The minimum absolute atomic E-state index is 0.0169. The Morgan fingerprint density at radius 2 is 2.00 bits per heavy atom. The van der Waals surface area contributed by atoms with Crippen LogP contribution in [0.3, 0.4) is 0 Å². The molecule has 0 saturated carbocycles. The summed E-state index contributed by atoms with van der Waals surface area (Å²) in [6, 6.07) is 5.08. The van der Waals surface area contributed by atoms with E-state index in [2.05, 4.69) is 15.6 Å². The van der Waals surface area contributed by atoms with Crippen LogP contribution in [0.4, 0.5) is 5.69 Å². The Kier molecular flexibility index (Phi) is 4.57. The van der Waals surface area contributed by atoms with E-state index in [9.17, 15) is 9.59 Å². The molecule has 0 spiro atoms. The van der Waals surface area contributed by atoms with E-state index < -0.39 is 6.04 Å². The minimum Gasteiger partial charge on any atom is -0.344 e. The Balaban J connectivity index is 2.17. The Morgan fingerprint density at radius 3 is 2.62 bits per heavy atom. The molecule has 1 aromatic carbocycles. The second kappa shape index (κ2) is 6.22. The van der Waals surface area contributed by atoms with Gasteiger partial charge in [-0.2, -0.15) is 0 Å². The quantitative estimate of drug-likeness (QED) is 0.912. The van der Waals surface area contributed by atoms with Crippen molar-refractivity contribution < 1.29 is 9.59 Å². The number of aromatic nitrogens is 1. The summed E-state index contributed by atoms with van der Waals surface area (Å²) < 4.78 is 1.03. The Morgan fingerprint density at radius 1 is 1.29 bits per heavy atom. The first-order valence-corrected chi connectivity index (χ1v) is 7.63. The molecule has 0 fully saturated rings. The first-order valence-electron chi connectivity index (χ1n) is 6.82. The number of carbonyl (C=O) groups is 2. The van der Waals surface area contributed by atoms with Crippen molar-refractivity contribution in [1.29, 1.82) is 0 Å². The summed E-state index contributed by atoms with van der Waals surface area (Å²) in [5, 5.41) is 6.53. The second-order valence-electron chi connectivity index (χ2n) is 5.33. The van der Waals surface area contributed by atoms with E-state index >= 15 is 0 Å². The van der Waals surface area contributed by atoms with E-state index in [0.29, 0.717) is 5.69 Å². The summed E-state index contributed by atoms with van der Waals surface area (Å²) >= 11 is 1.59. The number of benzene rings is 1. The monoisotopic (exact) mass is 305 g/mol. The maximum atomic E-state index is 12.3. The van der Waals surface area contributed by atoms with Crippen LogP contribution in [0.15, 0.2) is 18.2 Å². The van der Waals surface area contributed by atoms with Crippen molar-refractivity contribution in [2.24, 2.45) is 5.92 Å². The SMILES string of the molecule is CC(=O)NC(C(=O)Nc1ccc2nc(C)sc2c1)C(C)C. The number of amides is 2. The van der Waals surface area contributed by atoms with Gasteiger partial charge in [-0.1, -0.05) is 13.8 Å². The van der Waals surface area contributed by atoms with Gasteiger partial charge in [0.05, 0.1) is 15.2 Å². The van der Waals surface area contributed by atoms with Crippen molar-refractivity contribution in [3.05, 3.63) is 23.2 Å². The molecule has 1 heterocycles. The van der Waals surface area contributed by atoms with Gasteiger partial charge in [0, 0.05) is 12.6 Å². The van der Waals surface area contributed by atoms with Crippen molar-refractivity contribution in [1.82, 2.24) is 10.3 Å². The number of aryl methyl sites for hydroxylation is 1. The van der Waals surface area contributed by atoms with Gasteiger partial charge in [0.1, 0.15) is 6.04 Å². The largest absolute Gasteiger partial charge is 0.344 e. The lowest BCUT2D eigenvalue weighted by atomic mass is 10.0. The van der Waals surface area contributed by atoms with Gasteiger partial charge in [0.25, 0.3) is 0 Å². The van der Waals surface area contributed by atoms with E-state index in [0.717, 1.165) is 15.2 Å². The molecule has 0 aliphatic carbocycles. The zero-order valence-corrected chi connectivity index (χ0v) is 13.4. The number of hydrogen-bond acceptors (Lipinski definition) is 4. The first-order chi connectivity index (χ1) is 9.86. The molecule has 0 bridgehead atoms. The minimum atomic E-state index is -0.540. The van der Waals surface area contributed by atoms with Crippen LogP contribution in [0.1, 0.15) is 25.8 Å². The molecule has 112 valence electrons. The van der Waals surface area contributed by atoms with Crippen molar-refractivity contribution in [3.8, 4) is 0 Å². The van der Waals surface area contributed by atoms with E-state index in [-0.39, 0.29) is 17.7 Å². The highest BCUT2D eigenvalue weighted by Gasteiger charge is 2.23. The number of nitrogens with zero attached hydrogens (tertiary/aromatic N) is 1. The van der Waals surface area contributed by atoms with Gasteiger partial charge in [0.2, 0.25) is 11.8 Å². The zero-order valence-electron chi connectivity index (χ0n) is 12.6. The lowest BCUT2D eigenvalue weighted by Crippen LogP contribution is -2.46. The van der Waals surface area contributed by atoms with Gasteiger partial charge in [-0.25, -0.2) is 4.98 Å². The first kappa shape index (κ1) is 15.4. The van der Waals surface area contributed by atoms with Crippen LogP contribution in [0, 0.1) is 12.8 Å². The molecule has 2 amide bonds. The van der Waals surface area contributed by atoms with Crippen molar-refractivity contribution in [2.45, 2.75) is 33.7 Å². The number of thiazole rings is 1. The third-order valence-electron chi connectivity index (χ3n) is 3.07. The summed E-state index contributed by atoms with van der Waals surface area (Å²) in [4.78, 5) is 27.9. The van der Waals surface area contributed by atoms with Gasteiger partial charge >= 0.3 is 0 Å². The predicted octanol–water partition coefficient (Wildman–Crippen LogP) is 2.70. The molecule has 6 heteroatoms. The van der Waals surface area contributed by atoms with E-state index in [1.807, 2.05) is 39.0 Å². The van der Waals surface area contributed by atoms with E-state index in [1.165, 1.54) is 6.92 Å². The average molecular weight is 305 g/mol. The standard InChI is InChI=1S/C15H19N3O2S/c1-8(2)14(16-9(3)19)15(20)18-11-5-6-12-13(7-11)21-10(4)17-12/h5-8,14H,1-4H3,(H,16,19)(H,18,20). The Hall–Kier alpha value is -1.95. The molecular weight excluding hydrogens is 286 g/mol. The third kappa shape index (κ3) is 3.78. The van der Waals surface area contributed by atoms with Crippen molar-refractivity contribution >= 4 is 39.1 Å². The van der Waals surface area contributed by atoms with Crippen LogP contribution in [0.25, 0.3) is 10.2 Å². The van der Waals surface area contributed by atoms with Crippen LogP contribution < -0.4 is 10.6 Å². The number of rotatable bonds is 4. The normalized spacial score (nSPS) is 12.4. The molecule has 2 aromatic rings. The topological polar surface area (TPSA) is 71.1 Å². The molecule has 21 heavy (non-hydrogen) atoms. The number of fused-ring (bicyclic) bond motifs is 1. The smallest absolute Gasteiger partial charge is 0.247 e. The summed E-state index contributed by atoms with van der Waals surface area (Å²) in [5.41, 5.74) is 1.64.